The first-order chi connectivity index (χ1) is 2.64. The van der Waals surface area contributed by atoms with Crippen molar-refractivity contribution < 1.29 is 10.5 Å². The van der Waals surface area contributed by atoms with Gasteiger partial charge in [0.1, 0.15) is 6.04 Å². The molecule has 2 nitrogen and oxygen atoms in total. The average Bonchev–Trinajstić information content (AvgIpc) is 1.36. The van der Waals surface area contributed by atoms with Gasteiger partial charge in [-0.15, -0.1) is 0 Å². The van der Waals surface area contributed by atoms with Crippen LogP contribution in [0.4, 0.5) is 0 Å². The first-order valence-corrected chi connectivity index (χ1v) is 1.98. The molecule has 0 radical (unpaired) electrons. The molecule has 0 heterocycles. The van der Waals surface area contributed by atoms with Crippen molar-refractivity contribution in [1.29, 1.82) is 0 Å². The van der Waals surface area contributed by atoms with Crippen LogP contribution < -0.4 is 5.73 Å². The molecule has 0 unspecified atom stereocenters. The van der Waals surface area contributed by atoms with Gasteiger partial charge in [0.05, 0.1) is 0 Å². The van der Waals surface area contributed by atoms with Crippen LogP contribution in [0.3, 0.4) is 0 Å². The largest absolute Gasteiger partial charge is 0.349 e. The third-order valence-corrected chi connectivity index (χ3v) is 0.694. The van der Waals surface area contributed by atoms with Gasteiger partial charge in [0.25, 0.3) is 0 Å². The summed E-state index contributed by atoms with van der Waals surface area (Å²) in [5.74, 6) is 0.148. The van der Waals surface area contributed by atoms with E-state index in [-0.39, 0.29) is 11.8 Å². The van der Waals surface area contributed by atoms with E-state index in [1.54, 1.807) is 6.92 Å². The minimum Gasteiger partial charge on any atom is -0.349 e. The summed E-state index contributed by atoms with van der Waals surface area (Å²) in [4.78, 5) is 10.1. The first kappa shape index (κ1) is 5.63. The predicted molar refractivity (Wildman–Crippen MR) is 23.0 cm³/mol. The van der Waals surface area contributed by atoms with Crippen LogP contribution in [-0.4, -0.2) is 11.8 Å². The summed E-state index contributed by atoms with van der Waals surface area (Å²) < 4.78 is 0. The number of ketones is 1. The number of quaternary nitrogens is 1. The van der Waals surface area contributed by atoms with Gasteiger partial charge in [0.2, 0.25) is 0 Å². The predicted octanol–water partition coefficient (Wildman–Crippen LogP) is -0.794. The van der Waals surface area contributed by atoms with Crippen molar-refractivity contribution >= 4 is 5.78 Å². The highest BCUT2D eigenvalue weighted by molar-refractivity contribution is 5.79. The van der Waals surface area contributed by atoms with Gasteiger partial charge in [-0.05, 0) is 6.92 Å². The van der Waals surface area contributed by atoms with Gasteiger partial charge in [-0.25, -0.2) is 0 Å². The fourth-order valence-electron chi connectivity index (χ4n) is 0. The smallest absolute Gasteiger partial charge is 0.186 e. The lowest BCUT2D eigenvalue weighted by Crippen LogP contribution is -2.62. The van der Waals surface area contributed by atoms with Gasteiger partial charge in [0.15, 0.2) is 5.78 Å². The van der Waals surface area contributed by atoms with Crippen molar-refractivity contribution in [3.05, 3.63) is 0 Å². The molecule has 0 aromatic rings. The molecule has 0 rings (SSSR count). The summed E-state index contributed by atoms with van der Waals surface area (Å²) in [5, 5.41) is 0. The van der Waals surface area contributed by atoms with Crippen molar-refractivity contribution in [3.8, 4) is 0 Å². The molecule has 1 atom stereocenters. The SMILES string of the molecule is C[C@H]([NH3+])[13C](C)=O. The van der Waals surface area contributed by atoms with Crippen LogP contribution in [0.5, 0.6) is 0 Å². The molecule has 36 valence electrons. The third kappa shape index (κ3) is 1.91. The van der Waals surface area contributed by atoms with Gasteiger partial charge < -0.3 is 5.73 Å². The lowest BCUT2D eigenvalue weighted by atomic mass is 10.5. The van der Waals surface area contributed by atoms with E-state index in [4.69, 9.17) is 0 Å². The molecule has 0 aromatic carbocycles. The van der Waals surface area contributed by atoms with Crippen molar-refractivity contribution in [2.24, 2.45) is 0 Å². The summed E-state index contributed by atoms with van der Waals surface area (Å²) in [5.41, 5.74) is 3.49. The van der Waals surface area contributed by atoms with Crippen LogP contribution in [0.1, 0.15) is 13.8 Å². The van der Waals surface area contributed by atoms with Gasteiger partial charge >= 0.3 is 0 Å². The normalized spacial score (nSPS) is 13.8. The highest BCUT2D eigenvalue weighted by Gasteiger charge is 1.99. The number of hydrogen-bond donors (Lipinski definition) is 1. The molecule has 0 saturated carbocycles. The fourth-order valence-corrected chi connectivity index (χ4v) is 0. The molecule has 0 aliphatic carbocycles. The van der Waals surface area contributed by atoms with Crippen LogP contribution in [0.2, 0.25) is 0 Å². The van der Waals surface area contributed by atoms with Crippen LogP contribution in [0, 0.1) is 0 Å². The fraction of sp³-hybridized carbons (Fsp3) is 0.750. The van der Waals surface area contributed by atoms with Crippen molar-refractivity contribution in [2.45, 2.75) is 19.9 Å². The Bertz CT molecular complexity index is 58.6. The van der Waals surface area contributed by atoms with E-state index < -0.39 is 0 Å². The number of Topliss-reactive ketones (excluding diaryl/α,β-unsaturated/α-hetero) is 1. The monoisotopic (exact) mass is 89.1 g/mol. The van der Waals surface area contributed by atoms with Crippen molar-refractivity contribution in [1.82, 2.24) is 0 Å². The minimum absolute atomic E-state index is 0.0370. The molecule has 0 saturated heterocycles. The minimum atomic E-state index is -0.0370. The molecule has 6 heavy (non-hydrogen) atoms. The summed E-state index contributed by atoms with van der Waals surface area (Å²) in [7, 11) is 0. The maximum absolute atomic E-state index is 10.1. The molecular formula is C4H10NO+. The Hall–Kier alpha value is -0.370. The third-order valence-electron chi connectivity index (χ3n) is 0.694. The lowest BCUT2D eigenvalue weighted by molar-refractivity contribution is -0.397. The zero-order valence-corrected chi connectivity index (χ0v) is 4.19. The van der Waals surface area contributed by atoms with Crippen molar-refractivity contribution in [2.75, 3.05) is 0 Å². The zero-order chi connectivity index (χ0) is 5.15. The standard InChI is InChI=1S/C4H9NO/c1-3(5)4(2)6/h3H,5H2,1-2H3/p+1/t3-/m0/s1/i4+1. The molecular weight excluding hydrogens is 79.0 g/mol. The van der Waals surface area contributed by atoms with Crippen LogP contribution in [-0.2, 0) is 4.79 Å². The molecule has 0 aliphatic rings. The van der Waals surface area contributed by atoms with E-state index in [9.17, 15) is 4.79 Å². The second-order valence-electron chi connectivity index (χ2n) is 1.51. The first-order valence-electron chi connectivity index (χ1n) is 1.98. The Morgan fingerprint density at radius 3 is 2.00 bits per heavy atom. The number of carbonyl (C=O) groups excluding carboxylic acids is 1. The number of carbonyl (C=O) groups is 1. The van der Waals surface area contributed by atoms with E-state index >= 15 is 0 Å². The summed E-state index contributed by atoms with van der Waals surface area (Å²) >= 11 is 0. The summed E-state index contributed by atoms with van der Waals surface area (Å²) in [6.45, 7) is 3.32. The van der Waals surface area contributed by atoms with E-state index in [1.165, 1.54) is 6.92 Å². The Kier molecular flexibility index (Phi) is 1.81. The second-order valence-corrected chi connectivity index (χ2v) is 1.51. The molecule has 2 heteroatoms. The summed E-state index contributed by atoms with van der Waals surface area (Å²) in [6.07, 6.45) is 0. The zero-order valence-electron chi connectivity index (χ0n) is 4.19. The Morgan fingerprint density at radius 1 is 1.83 bits per heavy atom. The maximum Gasteiger partial charge on any atom is 0.186 e. The van der Waals surface area contributed by atoms with Crippen LogP contribution in [0.15, 0.2) is 0 Å². The number of rotatable bonds is 1. The van der Waals surface area contributed by atoms with Gasteiger partial charge in [0, 0.05) is 6.92 Å². The highest BCUT2D eigenvalue weighted by Crippen LogP contribution is 1.68. The van der Waals surface area contributed by atoms with E-state index in [0.29, 0.717) is 0 Å². The van der Waals surface area contributed by atoms with Crippen LogP contribution in [0.25, 0.3) is 0 Å². The lowest BCUT2D eigenvalue weighted by Gasteiger charge is -1.87. The Balaban J connectivity index is 3.26. The van der Waals surface area contributed by atoms with Crippen LogP contribution >= 0.6 is 0 Å². The van der Waals surface area contributed by atoms with Gasteiger partial charge in [-0.3, -0.25) is 4.79 Å². The average molecular weight is 89.1 g/mol. The maximum atomic E-state index is 10.1. The van der Waals surface area contributed by atoms with E-state index in [0.717, 1.165) is 0 Å². The molecule has 0 amide bonds. The van der Waals surface area contributed by atoms with Gasteiger partial charge in [-0.1, -0.05) is 0 Å². The molecule has 0 spiro atoms. The van der Waals surface area contributed by atoms with Gasteiger partial charge in [-0.2, -0.15) is 0 Å². The molecule has 0 fully saturated rings. The van der Waals surface area contributed by atoms with E-state index in [2.05, 4.69) is 5.73 Å². The molecule has 0 aliphatic heterocycles. The molecule has 0 bridgehead atoms. The quantitative estimate of drug-likeness (QED) is 0.420. The van der Waals surface area contributed by atoms with Crippen molar-refractivity contribution in [3.63, 3.8) is 0 Å². The Labute approximate surface area is 37.3 Å². The molecule has 0 aromatic heterocycles. The highest BCUT2D eigenvalue weighted by atomic mass is 16.2. The summed E-state index contributed by atoms with van der Waals surface area (Å²) in [6, 6.07) is -0.0370. The van der Waals surface area contributed by atoms with E-state index in [1.807, 2.05) is 0 Å². The second kappa shape index (κ2) is 1.92. The Morgan fingerprint density at radius 2 is 2.00 bits per heavy atom. The topological polar surface area (TPSA) is 44.7 Å². The molecule has 3 N–H and O–H groups in total. The number of hydrogen-bond acceptors (Lipinski definition) is 1.